The van der Waals surface area contributed by atoms with E-state index in [1.54, 1.807) is 24.3 Å². The number of aromatic nitrogens is 2. The molecule has 9 heteroatoms. The van der Waals surface area contributed by atoms with E-state index in [0.29, 0.717) is 5.56 Å². The maximum Gasteiger partial charge on any atom is 0.341 e. The van der Waals surface area contributed by atoms with Gasteiger partial charge in [0.1, 0.15) is 17.6 Å². The van der Waals surface area contributed by atoms with Crippen LogP contribution in [0.15, 0.2) is 47.9 Å². The lowest BCUT2D eigenvalue weighted by Gasteiger charge is -2.12. The van der Waals surface area contributed by atoms with Crippen LogP contribution in [0.5, 0.6) is 11.6 Å². The molecule has 2 aromatic rings. The number of benzene rings is 1. The number of ether oxygens (including phenoxy) is 3. The lowest BCUT2D eigenvalue weighted by Crippen LogP contribution is -2.06. The van der Waals surface area contributed by atoms with Crippen molar-refractivity contribution in [2.24, 2.45) is 0 Å². The Labute approximate surface area is 145 Å². The number of carbonyl (C=O) groups excluding carboxylic acids is 1. The van der Waals surface area contributed by atoms with Gasteiger partial charge in [0.15, 0.2) is 14.9 Å². The zero-order chi connectivity index (χ0) is 18.4. The first-order chi connectivity index (χ1) is 11.9. The fourth-order valence-corrected chi connectivity index (χ4v) is 2.48. The topological polar surface area (TPSA) is 105 Å². The molecular weight excluding hydrogens is 348 g/mol. The third-order valence-corrected chi connectivity index (χ3v) is 4.01. The summed E-state index contributed by atoms with van der Waals surface area (Å²) in [5.74, 6) is -0.323. The third-order valence-electron chi connectivity index (χ3n) is 3.03. The standard InChI is InChI=1S/C16H16N2O6S/c1-22-9-12(16(19)23-2)11-6-4-5-7-13(11)24-14-8-15(18-10-17-14)25(3,20)21/h4-10H,1-3H3. The van der Waals surface area contributed by atoms with Crippen LogP contribution in [0.1, 0.15) is 5.56 Å². The molecule has 0 saturated carbocycles. The molecule has 132 valence electrons. The average Bonchev–Trinajstić information content (AvgIpc) is 2.59. The highest BCUT2D eigenvalue weighted by molar-refractivity contribution is 7.90. The van der Waals surface area contributed by atoms with Crippen LogP contribution in [0.2, 0.25) is 0 Å². The molecule has 0 aliphatic carbocycles. The highest BCUT2D eigenvalue weighted by Crippen LogP contribution is 2.30. The molecule has 0 N–H and O–H groups in total. The summed E-state index contributed by atoms with van der Waals surface area (Å²) in [5, 5.41) is -0.171. The fraction of sp³-hybridized carbons (Fsp3) is 0.188. The van der Waals surface area contributed by atoms with E-state index >= 15 is 0 Å². The van der Waals surface area contributed by atoms with Gasteiger partial charge in [0.2, 0.25) is 5.88 Å². The van der Waals surface area contributed by atoms with Gasteiger partial charge < -0.3 is 14.2 Å². The highest BCUT2D eigenvalue weighted by Gasteiger charge is 2.19. The van der Waals surface area contributed by atoms with Crippen LogP contribution >= 0.6 is 0 Å². The molecule has 25 heavy (non-hydrogen) atoms. The maximum atomic E-state index is 12.0. The SMILES string of the molecule is COC=C(C(=O)OC)c1ccccc1Oc1cc(S(C)(=O)=O)ncn1. The Hall–Kier alpha value is -2.94. The second-order valence-electron chi connectivity index (χ2n) is 4.82. The summed E-state index contributed by atoms with van der Waals surface area (Å²) in [7, 11) is -0.861. The number of hydrogen-bond donors (Lipinski definition) is 0. The van der Waals surface area contributed by atoms with Gasteiger partial charge >= 0.3 is 5.97 Å². The Balaban J connectivity index is 2.45. The van der Waals surface area contributed by atoms with Crippen molar-refractivity contribution in [3.8, 4) is 11.6 Å². The number of nitrogens with zero attached hydrogens (tertiary/aromatic N) is 2. The molecule has 0 bridgehead atoms. The molecule has 0 spiro atoms. The highest BCUT2D eigenvalue weighted by atomic mass is 32.2. The molecule has 0 radical (unpaired) electrons. The zero-order valence-electron chi connectivity index (χ0n) is 13.8. The van der Waals surface area contributed by atoms with Crippen LogP contribution in [0.4, 0.5) is 0 Å². The largest absolute Gasteiger partial charge is 0.503 e. The minimum absolute atomic E-state index is 0.0181. The van der Waals surface area contributed by atoms with Gasteiger partial charge in [0.05, 0.1) is 20.5 Å². The predicted molar refractivity (Wildman–Crippen MR) is 88.7 cm³/mol. The Kier molecular flexibility index (Phi) is 5.71. The van der Waals surface area contributed by atoms with Crippen molar-refractivity contribution in [3.05, 3.63) is 48.5 Å². The summed E-state index contributed by atoms with van der Waals surface area (Å²) >= 11 is 0. The Bertz CT molecular complexity index is 908. The van der Waals surface area contributed by atoms with Gasteiger partial charge in [-0.3, -0.25) is 0 Å². The predicted octanol–water partition coefficient (Wildman–Crippen LogP) is 1.83. The van der Waals surface area contributed by atoms with Crippen LogP contribution < -0.4 is 4.74 Å². The summed E-state index contributed by atoms with van der Waals surface area (Å²) in [6.07, 6.45) is 3.35. The summed E-state index contributed by atoms with van der Waals surface area (Å²) in [5.41, 5.74) is 0.536. The van der Waals surface area contributed by atoms with E-state index in [2.05, 4.69) is 9.97 Å². The van der Waals surface area contributed by atoms with Crippen molar-refractivity contribution < 1.29 is 27.4 Å². The smallest absolute Gasteiger partial charge is 0.341 e. The van der Waals surface area contributed by atoms with Crippen LogP contribution in [-0.2, 0) is 24.1 Å². The lowest BCUT2D eigenvalue weighted by molar-refractivity contribution is -0.133. The first-order valence-electron chi connectivity index (χ1n) is 6.97. The van der Waals surface area contributed by atoms with E-state index in [-0.39, 0.29) is 22.2 Å². The maximum absolute atomic E-state index is 12.0. The quantitative estimate of drug-likeness (QED) is 0.331. The number of carbonyl (C=O) groups is 1. The molecule has 0 aliphatic heterocycles. The normalized spacial score (nSPS) is 11.7. The number of hydrogen-bond acceptors (Lipinski definition) is 8. The third kappa shape index (κ3) is 4.54. The van der Waals surface area contributed by atoms with Crippen LogP contribution in [0, 0.1) is 0 Å². The van der Waals surface area contributed by atoms with Gasteiger partial charge in [-0.05, 0) is 6.07 Å². The van der Waals surface area contributed by atoms with Gasteiger partial charge in [-0.25, -0.2) is 23.2 Å². The molecule has 1 heterocycles. The number of methoxy groups -OCH3 is 2. The van der Waals surface area contributed by atoms with Crippen molar-refractivity contribution in [1.82, 2.24) is 9.97 Å². The molecule has 0 amide bonds. The van der Waals surface area contributed by atoms with E-state index in [1.165, 1.54) is 26.5 Å². The Morgan fingerprint density at radius 3 is 2.52 bits per heavy atom. The molecule has 0 unspecified atom stereocenters. The van der Waals surface area contributed by atoms with Crippen molar-refractivity contribution in [1.29, 1.82) is 0 Å². The van der Waals surface area contributed by atoms with Gasteiger partial charge in [0.25, 0.3) is 0 Å². The average molecular weight is 364 g/mol. The molecule has 2 rings (SSSR count). The second-order valence-corrected chi connectivity index (χ2v) is 6.79. The van der Waals surface area contributed by atoms with E-state index < -0.39 is 15.8 Å². The summed E-state index contributed by atoms with van der Waals surface area (Å²) in [6.45, 7) is 0. The summed E-state index contributed by atoms with van der Waals surface area (Å²) in [6, 6.07) is 7.83. The minimum atomic E-state index is -3.51. The molecule has 0 saturated heterocycles. The van der Waals surface area contributed by atoms with Crippen LogP contribution in [0.25, 0.3) is 5.57 Å². The lowest BCUT2D eigenvalue weighted by atomic mass is 10.1. The monoisotopic (exact) mass is 364 g/mol. The Morgan fingerprint density at radius 2 is 1.88 bits per heavy atom. The van der Waals surface area contributed by atoms with Gasteiger partial charge in [-0.15, -0.1) is 0 Å². The van der Waals surface area contributed by atoms with Gasteiger partial charge in [-0.2, -0.15) is 0 Å². The van der Waals surface area contributed by atoms with Gasteiger partial charge in [-0.1, -0.05) is 18.2 Å². The molecule has 8 nitrogen and oxygen atoms in total. The first-order valence-corrected chi connectivity index (χ1v) is 8.86. The fourth-order valence-electron chi connectivity index (χ4n) is 1.92. The molecule has 0 fully saturated rings. The molecular formula is C16H16N2O6S. The number of para-hydroxylation sites is 1. The van der Waals surface area contributed by atoms with Gasteiger partial charge in [0, 0.05) is 17.9 Å². The van der Waals surface area contributed by atoms with E-state index in [0.717, 1.165) is 12.6 Å². The van der Waals surface area contributed by atoms with E-state index in [9.17, 15) is 13.2 Å². The van der Waals surface area contributed by atoms with E-state index in [4.69, 9.17) is 14.2 Å². The van der Waals surface area contributed by atoms with Crippen LogP contribution in [0.3, 0.4) is 0 Å². The minimum Gasteiger partial charge on any atom is -0.503 e. The van der Waals surface area contributed by atoms with Crippen molar-refractivity contribution in [2.75, 3.05) is 20.5 Å². The first kappa shape index (κ1) is 18.4. The van der Waals surface area contributed by atoms with E-state index in [1.807, 2.05) is 0 Å². The summed E-state index contributed by atoms with van der Waals surface area (Å²) < 4.78 is 38.5. The molecule has 1 aromatic carbocycles. The molecule has 0 atom stereocenters. The van der Waals surface area contributed by atoms with Crippen LogP contribution in [-0.4, -0.2) is 44.8 Å². The molecule has 1 aromatic heterocycles. The van der Waals surface area contributed by atoms with Crippen molar-refractivity contribution >= 4 is 21.4 Å². The summed E-state index contributed by atoms with van der Waals surface area (Å²) in [4.78, 5) is 19.6. The number of rotatable bonds is 6. The zero-order valence-corrected chi connectivity index (χ0v) is 14.6. The van der Waals surface area contributed by atoms with Crippen molar-refractivity contribution in [3.63, 3.8) is 0 Å². The number of sulfone groups is 1. The van der Waals surface area contributed by atoms with Crippen molar-refractivity contribution in [2.45, 2.75) is 5.03 Å². The molecule has 0 aliphatic rings. The number of esters is 1. The Morgan fingerprint density at radius 1 is 1.16 bits per heavy atom. The second kappa shape index (κ2) is 7.75.